The largest absolute Gasteiger partial charge is 0.480 e. The van der Waals surface area contributed by atoms with Gasteiger partial charge in [-0.1, -0.05) is 25.4 Å². The minimum atomic E-state index is -1.06. The molecule has 1 amide bonds. The molecule has 0 spiro atoms. The van der Waals surface area contributed by atoms with Crippen molar-refractivity contribution in [3.05, 3.63) is 28.8 Å². The number of carbonyl (C=O) groups is 2. The van der Waals surface area contributed by atoms with Crippen LogP contribution in [-0.4, -0.2) is 23.0 Å². The molecule has 1 aromatic carbocycles. The van der Waals surface area contributed by atoms with Crippen LogP contribution in [0, 0.1) is 5.92 Å². The van der Waals surface area contributed by atoms with E-state index in [0.29, 0.717) is 17.1 Å². The monoisotopic (exact) mass is 284 g/mol. The Bertz CT molecular complexity index is 469. The highest BCUT2D eigenvalue weighted by atomic mass is 35.5. The third kappa shape index (κ3) is 4.79. The van der Waals surface area contributed by atoms with Crippen molar-refractivity contribution in [3.63, 3.8) is 0 Å². The van der Waals surface area contributed by atoms with Crippen LogP contribution in [0.1, 0.15) is 30.6 Å². The average molecular weight is 285 g/mol. The van der Waals surface area contributed by atoms with Crippen molar-refractivity contribution in [1.29, 1.82) is 0 Å². The molecule has 4 N–H and O–H groups in total. The quantitative estimate of drug-likeness (QED) is 0.722. The topological polar surface area (TPSA) is 92.4 Å². The van der Waals surface area contributed by atoms with Gasteiger partial charge in [0.2, 0.25) is 0 Å². The molecule has 0 aliphatic rings. The van der Waals surface area contributed by atoms with Gasteiger partial charge in [0, 0.05) is 16.3 Å². The molecule has 0 heterocycles. The summed E-state index contributed by atoms with van der Waals surface area (Å²) in [6.07, 6.45) is 0.358. The molecule has 0 radical (unpaired) electrons. The van der Waals surface area contributed by atoms with E-state index in [1.807, 2.05) is 13.8 Å². The third-order valence-electron chi connectivity index (χ3n) is 2.49. The summed E-state index contributed by atoms with van der Waals surface area (Å²) in [7, 11) is 0. The maximum atomic E-state index is 12.0. The molecule has 0 aromatic heterocycles. The van der Waals surface area contributed by atoms with Gasteiger partial charge in [-0.2, -0.15) is 0 Å². The van der Waals surface area contributed by atoms with Gasteiger partial charge in [0.1, 0.15) is 6.04 Å². The number of rotatable bonds is 5. The summed E-state index contributed by atoms with van der Waals surface area (Å²) in [6, 6.07) is 3.49. The van der Waals surface area contributed by atoms with E-state index in [1.165, 1.54) is 18.2 Å². The summed E-state index contributed by atoms with van der Waals surface area (Å²) >= 11 is 5.80. The van der Waals surface area contributed by atoms with Crippen LogP contribution in [0.5, 0.6) is 0 Å². The zero-order valence-corrected chi connectivity index (χ0v) is 11.6. The third-order valence-corrected chi connectivity index (χ3v) is 2.71. The molecule has 1 atom stereocenters. The van der Waals surface area contributed by atoms with Gasteiger partial charge in [-0.3, -0.25) is 4.79 Å². The lowest BCUT2D eigenvalue weighted by molar-refractivity contribution is -0.139. The molecular weight excluding hydrogens is 268 g/mol. The Balaban J connectivity index is 2.84. The van der Waals surface area contributed by atoms with Crippen LogP contribution in [0.2, 0.25) is 5.02 Å². The molecule has 0 fully saturated rings. The number of nitrogens with one attached hydrogen (secondary N) is 1. The van der Waals surface area contributed by atoms with Crippen molar-refractivity contribution >= 4 is 29.2 Å². The van der Waals surface area contributed by atoms with Crippen LogP contribution in [0.4, 0.5) is 5.69 Å². The van der Waals surface area contributed by atoms with Crippen LogP contribution < -0.4 is 11.1 Å². The predicted octanol–water partition coefficient (Wildman–Crippen LogP) is 2.15. The van der Waals surface area contributed by atoms with E-state index in [-0.39, 0.29) is 11.5 Å². The van der Waals surface area contributed by atoms with Crippen molar-refractivity contribution in [1.82, 2.24) is 5.32 Å². The molecule has 0 saturated carbocycles. The molecule has 0 unspecified atom stereocenters. The minimum absolute atomic E-state index is 0.158. The Kier molecular flexibility index (Phi) is 5.18. The number of carboxylic acids is 1. The number of hydrogen-bond acceptors (Lipinski definition) is 3. The Labute approximate surface area is 116 Å². The van der Waals surface area contributed by atoms with E-state index >= 15 is 0 Å². The first-order chi connectivity index (χ1) is 8.79. The second-order valence-corrected chi connectivity index (χ2v) is 5.20. The van der Waals surface area contributed by atoms with Crippen molar-refractivity contribution in [2.45, 2.75) is 26.3 Å². The van der Waals surface area contributed by atoms with Crippen LogP contribution in [0.3, 0.4) is 0 Å². The van der Waals surface area contributed by atoms with Gasteiger partial charge in [0.25, 0.3) is 5.91 Å². The lowest BCUT2D eigenvalue weighted by atomic mass is 10.0. The zero-order valence-electron chi connectivity index (χ0n) is 10.8. The first-order valence-corrected chi connectivity index (χ1v) is 6.27. The van der Waals surface area contributed by atoms with Gasteiger partial charge >= 0.3 is 5.97 Å². The maximum Gasteiger partial charge on any atom is 0.326 e. The predicted molar refractivity (Wildman–Crippen MR) is 74.2 cm³/mol. The fraction of sp³-hybridized carbons (Fsp3) is 0.385. The van der Waals surface area contributed by atoms with E-state index in [1.54, 1.807) is 0 Å². The van der Waals surface area contributed by atoms with Gasteiger partial charge in [-0.25, -0.2) is 4.79 Å². The summed E-state index contributed by atoms with van der Waals surface area (Å²) < 4.78 is 0. The summed E-state index contributed by atoms with van der Waals surface area (Å²) in [5.41, 5.74) is 6.19. The minimum Gasteiger partial charge on any atom is -0.480 e. The van der Waals surface area contributed by atoms with E-state index in [0.717, 1.165) is 0 Å². The van der Waals surface area contributed by atoms with Crippen LogP contribution in [0.25, 0.3) is 0 Å². The summed E-state index contributed by atoms with van der Waals surface area (Å²) in [6.45, 7) is 3.78. The number of nitrogens with two attached hydrogens (primary N) is 1. The molecule has 1 aromatic rings. The van der Waals surface area contributed by atoms with Gasteiger partial charge in [-0.15, -0.1) is 0 Å². The van der Waals surface area contributed by atoms with Crippen LogP contribution in [-0.2, 0) is 4.79 Å². The fourth-order valence-electron chi connectivity index (χ4n) is 1.68. The first kappa shape index (κ1) is 15.3. The zero-order chi connectivity index (χ0) is 14.6. The standard InChI is InChI=1S/C13H17ClN2O3/c1-7(2)3-11(13(18)19)16-12(17)8-4-9(14)6-10(15)5-8/h4-7,11H,3,15H2,1-2H3,(H,16,17)(H,18,19)/t11-/m0/s1. The van der Waals surface area contributed by atoms with Crippen molar-refractivity contribution in [2.24, 2.45) is 5.92 Å². The summed E-state index contributed by atoms with van der Waals surface area (Å²) in [4.78, 5) is 23.0. The normalized spacial score (nSPS) is 12.2. The van der Waals surface area contributed by atoms with Gasteiger partial charge in [0.15, 0.2) is 0 Å². The number of carbonyl (C=O) groups excluding carboxylic acids is 1. The molecule has 104 valence electrons. The lowest BCUT2D eigenvalue weighted by Gasteiger charge is -2.16. The number of hydrogen-bond donors (Lipinski definition) is 3. The molecule has 5 nitrogen and oxygen atoms in total. The van der Waals surface area contributed by atoms with Crippen molar-refractivity contribution < 1.29 is 14.7 Å². The highest BCUT2D eigenvalue weighted by Gasteiger charge is 2.21. The van der Waals surface area contributed by atoms with Crippen molar-refractivity contribution in [2.75, 3.05) is 5.73 Å². The number of carboxylic acid groups (broad SMARTS) is 1. The molecular formula is C13H17ClN2O3. The molecule has 0 bridgehead atoms. The van der Waals surface area contributed by atoms with E-state index < -0.39 is 17.9 Å². The molecule has 6 heteroatoms. The SMILES string of the molecule is CC(C)C[C@H](NC(=O)c1cc(N)cc(Cl)c1)C(=O)O. The van der Waals surface area contributed by atoms with Gasteiger partial charge in [0.05, 0.1) is 0 Å². The highest BCUT2D eigenvalue weighted by Crippen LogP contribution is 2.17. The second-order valence-electron chi connectivity index (χ2n) is 4.77. The maximum absolute atomic E-state index is 12.0. The lowest BCUT2D eigenvalue weighted by Crippen LogP contribution is -2.41. The van der Waals surface area contributed by atoms with E-state index in [4.69, 9.17) is 22.4 Å². The van der Waals surface area contributed by atoms with E-state index in [2.05, 4.69) is 5.32 Å². The molecule has 19 heavy (non-hydrogen) atoms. The first-order valence-electron chi connectivity index (χ1n) is 5.89. The van der Waals surface area contributed by atoms with Crippen LogP contribution >= 0.6 is 11.6 Å². The average Bonchev–Trinajstić information content (AvgIpc) is 2.25. The second kappa shape index (κ2) is 6.43. The van der Waals surface area contributed by atoms with Crippen LogP contribution in [0.15, 0.2) is 18.2 Å². The van der Waals surface area contributed by atoms with E-state index in [9.17, 15) is 9.59 Å². The number of halogens is 1. The summed E-state index contributed by atoms with van der Waals surface area (Å²) in [5, 5.41) is 11.9. The van der Waals surface area contributed by atoms with Gasteiger partial charge in [-0.05, 0) is 30.5 Å². The summed E-state index contributed by atoms with van der Waals surface area (Å²) in [5.74, 6) is -1.40. The number of anilines is 1. The number of aliphatic carboxylic acids is 1. The number of nitrogen functional groups attached to an aromatic ring is 1. The number of benzene rings is 1. The number of amides is 1. The fourth-order valence-corrected chi connectivity index (χ4v) is 1.92. The Morgan fingerprint density at radius 1 is 1.37 bits per heavy atom. The Hall–Kier alpha value is -1.75. The smallest absolute Gasteiger partial charge is 0.326 e. The molecule has 1 rings (SSSR count). The Morgan fingerprint density at radius 2 is 2.00 bits per heavy atom. The van der Waals surface area contributed by atoms with Crippen molar-refractivity contribution in [3.8, 4) is 0 Å². The molecule has 0 aliphatic heterocycles. The Morgan fingerprint density at radius 3 is 2.47 bits per heavy atom. The molecule has 0 aliphatic carbocycles. The highest BCUT2D eigenvalue weighted by molar-refractivity contribution is 6.31. The molecule has 0 saturated heterocycles. The van der Waals surface area contributed by atoms with Gasteiger partial charge < -0.3 is 16.2 Å².